The number of benzene rings is 2. The number of rotatable bonds is 8. The van der Waals surface area contributed by atoms with Crippen LogP contribution in [0.3, 0.4) is 0 Å². The van der Waals surface area contributed by atoms with Gasteiger partial charge in [0.25, 0.3) is 5.91 Å². The summed E-state index contributed by atoms with van der Waals surface area (Å²) in [7, 11) is 0. The SMILES string of the molecule is Cc1cc(C)c2nc(N3C(=O)C(O)=C(C(=O)c4sc(C)nc4C)C3c3cccc(OCCC(C)C)c3)sc2c1. The van der Waals surface area contributed by atoms with Crippen molar-refractivity contribution in [2.75, 3.05) is 11.5 Å². The minimum absolute atomic E-state index is 0.0261. The summed E-state index contributed by atoms with van der Waals surface area (Å²) in [4.78, 5) is 38.7. The minimum Gasteiger partial charge on any atom is -0.503 e. The number of ketones is 1. The number of aliphatic hydroxyl groups is 1. The lowest BCUT2D eigenvalue weighted by atomic mass is 9.95. The van der Waals surface area contributed by atoms with Crippen molar-refractivity contribution in [1.29, 1.82) is 0 Å². The highest BCUT2D eigenvalue weighted by Crippen LogP contribution is 2.45. The molecule has 0 spiro atoms. The zero-order valence-electron chi connectivity index (χ0n) is 22.9. The maximum Gasteiger partial charge on any atom is 0.296 e. The molecule has 0 fully saturated rings. The molecule has 1 atom stereocenters. The summed E-state index contributed by atoms with van der Waals surface area (Å²) in [5.74, 6) is -0.483. The predicted molar refractivity (Wildman–Crippen MR) is 156 cm³/mol. The van der Waals surface area contributed by atoms with Crippen molar-refractivity contribution in [2.24, 2.45) is 5.92 Å². The second-order valence-corrected chi connectivity index (χ2v) is 12.6. The second kappa shape index (κ2) is 10.5. The van der Waals surface area contributed by atoms with Gasteiger partial charge in [-0.15, -0.1) is 11.3 Å². The van der Waals surface area contributed by atoms with E-state index in [0.717, 1.165) is 32.8 Å². The number of amides is 1. The number of Topliss-reactive ketones (excluding diaryl/α,β-unsaturated/α-hetero) is 1. The van der Waals surface area contributed by atoms with Gasteiger partial charge in [-0.3, -0.25) is 14.5 Å². The number of thiazole rings is 2. The highest BCUT2D eigenvalue weighted by atomic mass is 32.1. The lowest BCUT2D eigenvalue weighted by Crippen LogP contribution is -2.31. The van der Waals surface area contributed by atoms with Crippen LogP contribution in [-0.2, 0) is 4.79 Å². The van der Waals surface area contributed by atoms with Crippen molar-refractivity contribution < 1.29 is 19.4 Å². The Morgan fingerprint density at radius 3 is 2.56 bits per heavy atom. The Morgan fingerprint density at radius 1 is 1.10 bits per heavy atom. The fourth-order valence-corrected chi connectivity index (χ4v) is 6.91. The first-order valence-electron chi connectivity index (χ1n) is 12.9. The van der Waals surface area contributed by atoms with E-state index in [9.17, 15) is 14.7 Å². The molecule has 0 bridgehead atoms. The van der Waals surface area contributed by atoms with Crippen LogP contribution < -0.4 is 9.64 Å². The maximum atomic E-state index is 13.9. The first-order valence-corrected chi connectivity index (χ1v) is 14.5. The molecule has 4 aromatic rings. The molecule has 0 saturated carbocycles. The van der Waals surface area contributed by atoms with Crippen LogP contribution in [0, 0.1) is 33.6 Å². The number of aliphatic hydroxyl groups excluding tert-OH is 1. The van der Waals surface area contributed by atoms with Gasteiger partial charge in [0.2, 0.25) is 5.78 Å². The summed E-state index contributed by atoms with van der Waals surface area (Å²) < 4.78 is 6.94. The Labute approximate surface area is 235 Å². The number of hydrogen-bond acceptors (Lipinski definition) is 8. The van der Waals surface area contributed by atoms with E-state index in [1.807, 2.05) is 57.2 Å². The second-order valence-electron chi connectivity index (χ2n) is 10.3. The molecular weight excluding hydrogens is 530 g/mol. The topological polar surface area (TPSA) is 92.6 Å². The zero-order chi connectivity index (χ0) is 28.0. The van der Waals surface area contributed by atoms with Crippen molar-refractivity contribution in [3.8, 4) is 5.75 Å². The number of ether oxygens (including phenoxy) is 1. The number of anilines is 1. The third-order valence-corrected chi connectivity index (χ3v) is 8.80. The highest BCUT2D eigenvalue weighted by molar-refractivity contribution is 7.22. The van der Waals surface area contributed by atoms with Crippen molar-refractivity contribution in [3.63, 3.8) is 0 Å². The summed E-state index contributed by atoms with van der Waals surface area (Å²) in [6, 6.07) is 10.6. The van der Waals surface area contributed by atoms with Crippen LogP contribution in [0.4, 0.5) is 5.13 Å². The van der Waals surface area contributed by atoms with E-state index in [1.54, 1.807) is 6.92 Å². The molecule has 1 amide bonds. The molecule has 5 rings (SSSR count). The molecule has 1 N–H and O–H groups in total. The molecule has 0 aliphatic carbocycles. The predicted octanol–water partition coefficient (Wildman–Crippen LogP) is 7.19. The molecule has 7 nitrogen and oxygen atoms in total. The quantitative estimate of drug-likeness (QED) is 0.229. The average molecular weight is 562 g/mol. The van der Waals surface area contributed by atoms with Gasteiger partial charge in [-0.05, 0) is 74.9 Å². The molecule has 9 heteroatoms. The van der Waals surface area contributed by atoms with Gasteiger partial charge < -0.3 is 9.84 Å². The fourth-order valence-electron chi connectivity index (χ4n) is 4.86. The van der Waals surface area contributed by atoms with E-state index in [4.69, 9.17) is 9.72 Å². The van der Waals surface area contributed by atoms with Gasteiger partial charge in [-0.2, -0.15) is 0 Å². The van der Waals surface area contributed by atoms with E-state index >= 15 is 0 Å². The average Bonchev–Trinajstić information content (AvgIpc) is 3.52. The first-order chi connectivity index (χ1) is 18.5. The third-order valence-electron chi connectivity index (χ3n) is 6.72. The van der Waals surface area contributed by atoms with Crippen molar-refractivity contribution in [2.45, 2.75) is 54.0 Å². The molecular formula is C30H31N3O4S2. The largest absolute Gasteiger partial charge is 0.503 e. The molecule has 39 heavy (non-hydrogen) atoms. The summed E-state index contributed by atoms with van der Waals surface area (Å²) in [5, 5.41) is 12.4. The molecule has 2 aromatic heterocycles. The Hall–Kier alpha value is -3.56. The Bertz CT molecular complexity index is 1630. The first kappa shape index (κ1) is 27.0. The van der Waals surface area contributed by atoms with Gasteiger partial charge >= 0.3 is 0 Å². The standard InChI is InChI=1S/C30H31N3O4S2/c1-15(2)10-11-37-21-9-7-8-20(14-21)25-23(26(34)28-18(5)31-19(6)38-28)27(35)29(36)33(25)30-32-24-17(4)12-16(3)13-22(24)39-30/h7-9,12-15,25,35H,10-11H2,1-6H3. The van der Waals surface area contributed by atoms with Crippen LogP contribution in [0.2, 0.25) is 0 Å². The number of aromatic nitrogens is 2. The maximum absolute atomic E-state index is 13.9. The molecule has 2 aromatic carbocycles. The molecule has 3 heterocycles. The molecule has 0 saturated heterocycles. The number of aryl methyl sites for hydroxylation is 4. The van der Waals surface area contributed by atoms with Gasteiger partial charge in [0.15, 0.2) is 10.9 Å². The van der Waals surface area contributed by atoms with Gasteiger partial charge in [-0.1, -0.05) is 43.4 Å². The van der Waals surface area contributed by atoms with E-state index in [-0.39, 0.29) is 5.57 Å². The van der Waals surface area contributed by atoms with Crippen LogP contribution in [0.5, 0.6) is 5.75 Å². The van der Waals surface area contributed by atoms with E-state index in [2.05, 4.69) is 18.8 Å². The number of carbonyl (C=O) groups excluding carboxylic acids is 2. The van der Waals surface area contributed by atoms with Gasteiger partial charge in [0.05, 0.1) is 44.0 Å². The van der Waals surface area contributed by atoms with Crippen LogP contribution in [0.15, 0.2) is 47.7 Å². The van der Waals surface area contributed by atoms with Crippen LogP contribution in [-0.4, -0.2) is 33.4 Å². The van der Waals surface area contributed by atoms with Crippen molar-refractivity contribution >= 4 is 49.7 Å². The smallest absolute Gasteiger partial charge is 0.296 e. The summed E-state index contributed by atoms with van der Waals surface area (Å²) >= 11 is 2.63. The molecule has 1 aliphatic heterocycles. The normalized spacial score (nSPS) is 15.7. The number of nitrogens with zero attached hydrogens (tertiary/aromatic N) is 3. The number of carbonyl (C=O) groups is 2. The summed E-state index contributed by atoms with van der Waals surface area (Å²) in [6.45, 7) is 12.4. The number of fused-ring (bicyclic) bond motifs is 1. The Balaban J connectivity index is 1.64. The van der Waals surface area contributed by atoms with Crippen LogP contribution >= 0.6 is 22.7 Å². The Morgan fingerprint density at radius 2 is 1.87 bits per heavy atom. The fraction of sp³-hybridized carbons (Fsp3) is 0.333. The Kier molecular flexibility index (Phi) is 7.31. The zero-order valence-corrected chi connectivity index (χ0v) is 24.5. The lowest BCUT2D eigenvalue weighted by molar-refractivity contribution is -0.117. The van der Waals surface area contributed by atoms with Crippen LogP contribution in [0.1, 0.15) is 63.4 Å². The molecule has 0 radical (unpaired) electrons. The van der Waals surface area contributed by atoms with Gasteiger partial charge in [0.1, 0.15) is 5.75 Å². The summed E-state index contributed by atoms with van der Waals surface area (Å²) in [5.41, 5.74) is 4.15. The van der Waals surface area contributed by atoms with Gasteiger partial charge in [0, 0.05) is 0 Å². The third kappa shape index (κ3) is 5.08. The number of hydrogen-bond donors (Lipinski definition) is 1. The van der Waals surface area contributed by atoms with Gasteiger partial charge in [-0.25, -0.2) is 9.97 Å². The van der Waals surface area contributed by atoms with Crippen molar-refractivity contribution in [3.05, 3.63) is 80.0 Å². The van der Waals surface area contributed by atoms with Crippen LogP contribution in [0.25, 0.3) is 10.2 Å². The minimum atomic E-state index is -0.873. The van der Waals surface area contributed by atoms with E-state index in [1.165, 1.54) is 27.6 Å². The van der Waals surface area contributed by atoms with E-state index in [0.29, 0.717) is 39.5 Å². The summed E-state index contributed by atoms with van der Waals surface area (Å²) in [6.07, 6.45) is 0.900. The highest BCUT2D eigenvalue weighted by Gasteiger charge is 2.46. The monoisotopic (exact) mass is 561 g/mol. The molecule has 1 unspecified atom stereocenters. The van der Waals surface area contributed by atoms with E-state index < -0.39 is 23.5 Å². The van der Waals surface area contributed by atoms with Crippen molar-refractivity contribution in [1.82, 2.24) is 9.97 Å². The lowest BCUT2D eigenvalue weighted by Gasteiger charge is -2.25. The molecule has 1 aliphatic rings. The molecule has 202 valence electrons.